The van der Waals surface area contributed by atoms with E-state index in [-0.39, 0.29) is 12.4 Å². The van der Waals surface area contributed by atoms with Crippen molar-refractivity contribution in [1.29, 1.82) is 0 Å². The number of nitrogens with one attached hydrogen (secondary N) is 1. The summed E-state index contributed by atoms with van der Waals surface area (Å²) >= 11 is 0. The lowest BCUT2D eigenvalue weighted by atomic mass is 9.91. The van der Waals surface area contributed by atoms with E-state index in [0.717, 1.165) is 12.5 Å². The van der Waals surface area contributed by atoms with E-state index in [1.54, 1.807) is 0 Å². The molecule has 0 unspecified atom stereocenters. The van der Waals surface area contributed by atoms with Gasteiger partial charge in [-0.2, -0.15) is 0 Å². The molecule has 1 N–H and O–H groups in total. The molecule has 17 heavy (non-hydrogen) atoms. The molecule has 0 aromatic rings. The van der Waals surface area contributed by atoms with Gasteiger partial charge in [-0.1, -0.05) is 27.7 Å². The molecule has 1 aliphatic rings. The van der Waals surface area contributed by atoms with Crippen molar-refractivity contribution in [2.75, 3.05) is 32.7 Å². The van der Waals surface area contributed by atoms with Crippen molar-refractivity contribution in [3.8, 4) is 0 Å². The van der Waals surface area contributed by atoms with Gasteiger partial charge in [0.25, 0.3) is 0 Å². The quantitative estimate of drug-likeness (QED) is 0.819. The van der Waals surface area contributed by atoms with E-state index < -0.39 is 0 Å². The second-order valence-electron chi connectivity index (χ2n) is 6.40. The molecular formula is C14H31ClN2. The van der Waals surface area contributed by atoms with E-state index in [4.69, 9.17) is 0 Å². The lowest BCUT2D eigenvalue weighted by Crippen LogP contribution is -2.38. The Hall–Kier alpha value is 0.210. The zero-order valence-corrected chi connectivity index (χ0v) is 12.9. The maximum atomic E-state index is 3.47. The van der Waals surface area contributed by atoms with E-state index in [9.17, 15) is 0 Å². The highest BCUT2D eigenvalue weighted by molar-refractivity contribution is 5.85. The van der Waals surface area contributed by atoms with Gasteiger partial charge in [0.2, 0.25) is 0 Å². The first-order chi connectivity index (χ1) is 7.51. The van der Waals surface area contributed by atoms with Crippen LogP contribution in [0.15, 0.2) is 0 Å². The predicted octanol–water partition coefficient (Wildman–Crippen LogP) is 3.17. The standard InChI is InChI=1S/C14H30N2.ClH/c1-5-15-12-13-6-9-16(10-7-13)11-8-14(2,3)4;/h13,15H,5-12H2,1-4H3;1H. The highest BCUT2D eigenvalue weighted by atomic mass is 35.5. The summed E-state index contributed by atoms with van der Waals surface area (Å²) in [5.74, 6) is 0.922. The van der Waals surface area contributed by atoms with Crippen LogP contribution in [0.2, 0.25) is 0 Å². The summed E-state index contributed by atoms with van der Waals surface area (Å²) in [6.07, 6.45) is 4.10. The summed E-state index contributed by atoms with van der Waals surface area (Å²) in [5, 5.41) is 3.47. The predicted molar refractivity (Wildman–Crippen MR) is 79.0 cm³/mol. The number of likely N-dealkylation sites (tertiary alicyclic amines) is 1. The summed E-state index contributed by atoms with van der Waals surface area (Å²) in [5.41, 5.74) is 0.487. The monoisotopic (exact) mass is 262 g/mol. The Morgan fingerprint density at radius 3 is 2.24 bits per heavy atom. The molecule has 1 aliphatic heterocycles. The molecule has 0 aliphatic carbocycles. The maximum absolute atomic E-state index is 3.47. The fourth-order valence-corrected chi connectivity index (χ4v) is 2.26. The molecule has 0 spiro atoms. The number of nitrogens with zero attached hydrogens (tertiary/aromatic N) is 1. The van der Waals surface area contributed by atoms with E-state index >= 15 is 0 Å². The second kappa shape index (κ2) is 8.34. The highest BCUT2D eigenvalue weighted by Gasteiger charge is 2.20. The molecule has 1 rings (SSSR count). The minimum Gasteiger partial charge on any atom is -0.317 e. The first kappa shape index (κ1) is 17.2. The molecule has 0 bridgehead atoms. The van der Waals surface area contributed by atoms with Gasteiger partial charge in [-0.15, -0.1) is 12.4 Å². The third-order valence-corrected chi connectivity index (χ3v) is 3.57. The summed E-state index contributed by atoms with van der Waals surface area (Å²) < 4.78 is 0. The van der Waals surface area contributed by atoms with Crippen molar-refractivity contribution >= 4 is 12.4 Å². The normalized spacial score (nSPS) is 19.1. The SMILES string of the molecule is CCNCC1CCN(CCC(C)(C)C)CC1.Cl. The first-order valence-corrected chi connectivity index (χ1v) is 6.94. The summed E-state index contributed by atoms with van der Waals surface area (Å²) in [6, 6.07) is 0. The van der Waals surface area contributed by atoms with Crippen LogP contribution < -0.4 is 5.32 Å². The van der Waals surface area contributed by atoms with Crippen LogP contribution in [0.25, 0.3) is 0 Å². The van der Waals surface area contributed by atoms with Gasteiger partial charge in [0.1, 0.15) is 0 Å². The lowest BCUT2D eigenvalue weighted by Gasteiger charge is -2.33. The average Bonchev–Trinajstić information content (AvgIpc) is 2.24. The van der Waals surface area contributed by atoms with Crippen molar-refractivity contribution in [2.24, 2.45) is 11.3 Å². The van der Waals surface area contributed by atoms with Crippen molar-refractivity contribution in [3.63, 3.8) is 0 Å². The lowest BCUT2D eigenvalue weighted by molar-refractivity contribution is 0.162. The Morgan fingerprint density at radius 2 is 1.76 bits per heavy atom. The molecule has 1 fully saturated rings. The Bertz CT molecular complexity index is 181. The van der Waals surface area contributed by atoms with Crippen LogP contribution in [0.3, 0.4) is 0 Å². The van der Waals surface area contributed by atoms with Gasteiger partial charge in [0, 0.05) is 0 Å². The smallest absolute Gasteiger partial charge is 0.00137 e. The topological polar surface area (TPSA) is 15.3 Å². The average molecular weight is 263 g/mol. The number of hydrogen-bond acceptors (Lipinski definition) is 2. The van der Waals surface area contributed by atoms with Crippen LogP contribution in [-0.2, 0) is 0 Å². The van der Waals surface area contributed by atoms with Gasteiger partial charge in [-0.25, -0.2) is 0 Å². The Morgan fingerprint density at radius 1 is 1.18 bits per heavy atom. The molecule has 0 amide bonds. The van der Waals surface area contributed by atoms with Gasteiger partial charge >= 0.3 is 0 Å². The second-order valence-corrected chi connectivity index (χ2v) is 6.40. The number of rotatable bonds is 5. The van der Waals surface area contributed by atoms with Crippen LogP contribution in [0.5, 0.6) is 0 Å². The van der Waals surface area contributed by atoms with Gasteiger partial charge in [-0.3, -0.25) is 0 Å². The molecule has 3 heteroatoms. The molecule has 0 saturated carbocycles. The molecular weight excluding hydrogens is 232 g/mol. The Balaban J connectivity index is 0.00000256. The first-order valence-electron chi connectivity index (χ1n) is 6.94. The number of hydrogen-bond donors (Lipinski definition) is 1. The fourth-order valence-electron chi connectivity index (χ4n) is 2.26. The van der Waals surface area contributed by atoms with E-state index in [1.165, 1.54) is 45.4 Å². The molecule has 1 heterocycles. The van der Waals surface area contributed by atoms with Crippen LogP contribution in [0.1, 0.15) is 47.0 Å². The maximum Gasteiger partial charge on any atom is -0.00137 e. The van der Waals surface area contributed by atoms with Crippen molar-refractivity contribution in [3.05, 3.63) is 0 Å². The molecule has 0 aromatic heterocycles. The summed E-state index contributed by atoms with van der Waals surface area (Å²) in [6.45, 7) is 15.5. The fraction of sp³-hybridized carbons (Fsp3) is 1.00. The Labute approximate surface area is 114 Å². The Kier molecular flexibility index (Phi) is 8.44. The molecule has 104 valence electrons. The minimum atomic E-state index is 0. The molecule has 2 nitrogen and oxygen atoms in total. The van der Waals surface area contributed by atoms with E-state index in [0.29, 0.717) is 5.41 Å². The molecule has 1 saturated heterocycles. The largest absolute Gasteiger partial charge is 0.317 e. The number of piperidine rings is 1. The molecule has 0 aromatic carbocycles. The zero-order chi connectivity index (χ0) is 12.0. The van der Waals surface area contributed by atoms with Gasteiger partial charge in [0.05, 0.1) is 0 Å². The van der Waals surface area contributed by atoms with Gasteiger partial charge in [0.15, 0.2) is 0 Å². The third kappa shape index (κ3) is 8.01. The zero-order valence-electron chi connectivity index (χ0n) is 12.1. The summed E-state index contributed by atoms with van der Waals surface area (Å²) in [4.78, 5) is 2.65. The van der Waals surface area contributed by atoms with Crippen LogP contribution in [0, 0.1) is 11.3 Å². The van der Waals surface area contributed by atoms with Crippen molar-refractivity contribution in [1.82, 2.24) is 10.2 Å². The van der Waals surface area contributed by atoms with Crippen molar-refractivity contribution < 1.29 is 0 Å². The molecule has 0 atom stereocenters. The highest BCUT2D eigenvalue weighted by Crippen LogP contribution is 2.22. The van der Waals surface area contributed by atoms with E-state index in [1.807, 2.05) is 0 Å². The van der Waals surface area contributed by atoms with Crippen LogP contribution in [-0.4, -0.2) is 37.6 Å². The minimum absolute atomic E-state index is 0. The van der Waals surface area contributed by atoms with Crippen LogP contribution in [0.4, 0.5) is 0 Å². The van der Waals surface area contributed by atoms with Crippen LogP contribution >= 0.6 is 12.4 Å². The van der Waals surface area contributed by atoms with Crippen molar-refractivity contribution in [2.45, 2.75) is 47.0 Å². The van der Waals surface area contributed by atoms with E-state index in [2.05, 4.69) is 37.9 Å². The third-order valence-electron chi connectivity index (χ3n) is 3.57. The summed E-state index contributed by atoms with van der Waals surface area (Å²) in [7, 11) is 0. The van der Waals surface area contributed by atoms with Gasteiger partial charge in [-0.05, 0) is 63.3 Å². The molecule has 0 radical (unpaired) electrons. The number of halogens is 1. The van der Waals surface area contributed by atoms with Gasteiger partial charge < -0.3 is 10.2 Å².